The first-order chi connectivity index (χ1) is 13.6. The highest BCUT2D eigenvalue weighted by atomic mass is 35.5. The van der Waals surface area contributed by atoms with E-state index in [0.29, 0.717) is 0 Å². The van der Waals surface area contributed by atoms with Crippen molar-refractivity contribution in [3.05, 3.63) is 53.6 Å². The van der Waals surface area contributed by atoms with Crippen molar-refractivity contribution in [3.63, 3.8) is 0 Å². The fourth-order valence-electron chi connectivity index (χ4n) is 3.34. The van der Waals surface area contributed by atoms with E-state index in [4.69, 9.17) is 14.2 Å². The molecule has 1 heterocycles. The van der Waals surface area contributed by atoms with Crippen molar-refractivity contribution >= 4 is 18.1 Å². The minimum absolute atomic E-state index is 0. The van der Waals surface area contributed by atoms with Gasteiger partial charge in [0.05, 0.1) is 26.4 Å². The molecule has 0 spiro atoms. The van der Waals surface area contributed by atoms with E-state index in [1.807, 2.05) is 19.9 Å². The Hall–Kier alpha value is -1.95. The number of hydrogen-bond donors (Lipinski definition) is 1. The molecule has 2 aromatic rings. The number of morpholine rings is 1. The molecular formula is C23H33ClN2O3. The van der Waals surface area contributed by atoms with Crippen molar-refractivity contribution in [2.75, 3.05) is 38.3 Å². The van der Waals surface area contributed by atoms with Gasteiger partial charge in [0.25, 0.3) is 0 Å². The number of nitrogens with one attached hydrogen (secondary N) is 1. The summed E-state index contributed by atoms with van der Waals surface area (Å²) in [5.41, 5.74) is 3.72. The van der Waals surface area contributed by atoms with Gasteiger partial charge in [0.15, 0.2) is 11.5 Å². The van der Waals surface area contributed by atoms with Gasteiger partial charge < -0.3 is 24.4 Å². The average molecular weight is 421 g/mol. The predicted molar refractivity (Wildman–Crippen MR) is 121 cm³/mol. The Labute approximate surface area is 180 Å². The second kappa shape index (κ2) is 11.3. The zero-order chi connectivity index (χ0) is 19.9. The van der Waals surface area contributed by atoms with Crippen molar-refractivity contribution in [2.45, 2.75) is 39.5 Å². The van der Waals surface area contributed by atoms with Crippen LogP contribution in [0.3, 0.4) is 0 Å². The van der Waals surface area contributed by atoms with Gasteiger partial charge in [-0.3, -0.25) is 0 Å². The minimum atomic E-state index is 0. The SMILES string of the molecule is COc1cc(C(C)NCc2ccc(N3CCOCC3)cc2)ccc1OC(C)C.Cl. The van der Waals surface area contributed by atoms with Crippen LogP contribution in [0.25, 0.3) is 0 Å². The quantitative estimate of drug-likeness (QED) is 0.676. The molecule has 1 N–H and O–H groups in total. The molecule has 2 aromatic carbocycles. The van der Waals surface area contributed by atoms with Crippen LogP contribution in [-0.2, 0) is 11.3 Å². The number of anilines is 1. The first kappa shape index (κ1) is 23.3. The van der Waals surface area contributed by atoms with Crippen LogP contribution in [0.2, 0.25) is 0 Å². The van der Waals surface area contributed by atoms with E-state index >= 15 is 0 Å². The Morgan fingerprint density at radius 2 is 1.69 bits per heavy atom. The summed E-state index contributed by atoms with van der Waals surface area (Å²) in [4.78, 5) is 2.37. The molecular weight excluding hydrogens is 388 g/mol. The fourth-order valence-corrected chi connectivity index (χ4v) is 3.34. The number of methoxy groups -OCH3 is 1. The second-order valence-electron chi connectivity index (χ2n) is 7.45. The van der Waals surface area contributed by atoms with Crippen LogP contribution in [0, 0.1) is 0 Å². The Morgan fingerprint density at radius 3 is 2.31 bits per heavy atom. The molecule has 1 atom stereocenters. The monoisotopic (exact) mass is 420 g/mol. The van der Waals surface area contributed by atoms with E-state index in [1.54, 1.807) is 7.11 Å². The van der Waals surface area contributed by atoms with Gasteiger partial charge in [-0.25, -0.2) is 0 Å². The van der Waals surface area contributed by atoms with E-state index in [1.165, 1.54) is 16.8 Å². The van der Waals surface area contributed by atoms with Gasteiger partial charge in [-0.2, -0.15) is 0 Å². The van der Waals surface area contributed by atoms with Crippen LogP contribution < -0.4 is 19.7 Å². The van der Waals surface area contributed by atoms with Crippen molar-refractivity contribution in [3.8, 4) is 11.5 Å². The lowest BCUT2D eigenvalue weighted by Crippen LogP contribution is -2.36. The summed E-state index contributed by atoms with van der Waals surface area (Å²) in [6, 6.07) is 15.2. The number of hydrogen-bond acceptors (Lipinski definition) is 5. The highest BCUT2D eigenvalue weighted by molar-refractivity contribution is 5.85. The summed E-state index contributed by atoms with van der Waals surface area (Å²) in [5, 5.41) is 3.60. The van der Waals surface area contributed by atoms with Gasteiger partial charge in [-0.05, 0) is 56.2 Å². The van der Waals surface area contributed by atoms with Crippen LogP contribution in [0.15, 0.2) is 42.5 Å². The van der Waals surface area contributed by atoms with Crippen molar-refractivity contribution in [2.24, 2.45) is 0 Å². The molecule has 6 heteroatoms. The second-order valence-corrected chi connectivity index (χ2v) is 7.45. The number of benzene rings is 2. The fraction of sp³-hybridized carbons (Fsp3) is 0.478. The van der Waals surface area contributed by atoms with Gasteiger partial charge in [0.1, 0.15) is 0 Å². The lowest BCUT2D eigenvalue weighted by molar-refractivity contribution is 0.122. The number of nitrogens with zero attached hydrogens (tertiary/aromatic N) is 1. The van der Waals surface area contributed by atoms with Gasteiger partial charge in [-0.1, -0.05) is 18.2 Å². The van der Waals surface area contributed by atoms with Crippen LogP contribution in [0.1, 0.15) is 37.9 Å². The first-order valence-corrected chi connectivity index (χ1v) is 10.1. The predicted octanol–water partition coefficient (Wildman–Crippen LogP) is 4.59. The minimum Gasteiger partial charge on any atom is -0.493 e. The normalized spacial score (nSPS) is 15.0. The summed E-state index contributed by atoms with van der Waals surface area (Å²) >= 11 is 0. The molecule has 29 heavy (non-hydrogen) atoms. The molecule has 3 rings (SSSR count). The van der Waals surface area contributed by atoms with E-state index in [2.05, 4.69) is 53.5 Å². The molecule has 0 aromatic heterocycles. The smallest absolute Gasteiger partial charge is 0.161 e. The lowest BCUT2D eigenvalue weighted by Gasteiger charge is -2.29. The van der Waals surface area contributed by atoms with E-state index < -0.39 is 0 Å². The van der Waals surface area contributed by atoms with Crippen LogP contribution in [-0.4, -0.2) is 39.5 Å². The molecule has 0 saturated carbocycles. The van der Waals surface area contributed by atoms with E-state index in [9.17, 15) is 0 Å². The van der Waals surface area contributed by atoms with Gasteiger partial charge in [0.2, 0.25) is 0 Å². The maximum Gasteiger partial charge on any atom is 0.161 e. The van der Waals surface area contributed by atoms with Crippen LogP contribution >= 0.6 is 12.4 Å². The zero-order valence-corrected chi connectivity index (χ0v) is 18.6. The molecule has 0 bridgehead atoms. The number of rotatable bonds is 8. The molecule has 1 aliphatic rings. The summed E-state index contributed by atoms with van der Waals surface area (Å²) in [5.74, 6) is 1.56. The van der Waals surface area contributed by atoms with Crippen LogP contribution in [0.4, 0.5) is 5.69 Å². The highest BCUT2D eigenvalue weighted by Crippen LogP contribution is 2.31. The summed E-state index contributed by atoms with van der Waals surface area (Å²) < 4.78 is 16.7. The molecule has 160 valence electrons. The maximum atomic E-state index is 5.80. The Morgan fingerprint density at radius 1 is 1.00 bits per heavy atom. The van der Waals surface area contributed by atoms with E-state index in [0.717, 1.165) is 44.3 Å². The highest BCUT2D eigenvalue weighted by Gasteiger charge is 2.13. The van der Waals surface area contributed by atoms with Crippen LogP contribution in [0.5, 0.6) is 11.5 Å². The summed E-state index contributed by atoms with van der Waals surface area (Å²) in [6.45, 7) is 10.6. The molecule has 1 fully saturated rings. The summed E-state index contributed by atoms with van der Waals surface area (Å²) in [7, 11) is 1.68. The van der Waals surface area contributed by atoms with E-state index in [-0.39, 0.29) is 24.6 Å². The Balaban J connectivity index is 0.00000300. The first-order valence-electron chi connectivity index (χ1n) is 10.1. The van der Waals surface area contributed by atoms with Crippen molar-refractivity contribution in [1.82, 2.24) is 5.32 Å². The third-order valence-electron chi connectivity index (χ3n) is 4.98. The Kier molecular flexibility index (Phi) is 9.08. The molecule has 0 amide bonds. The van der Waals surface area contributed by atoms with Crippen molar-refractivity contribution < 1.29 is 14.2 Å². The number of ether oxygens (including phenoxy) is 3. The molecule has 1 saturated heterocycles. The molecule has 1 aliphatic heterocycles. The third kappa shape index (κ3) is 6.53. The zero-order valence-electron chi connectivity index (χ0n) is 17.8. The number of halogens is 1. The molecule has 5 nitrogen and oxygen atoms in total. The largest absolute Gasteiger partial charge is 0.493 e. The molecule has 0 aliphatic carbocycles. The topological polar surface area (TPSA) is 43.0 Å². The molecule has 1 unspecified atom stereocenters. The average Bonchev–Trinajstić information content (AvgIpc) is 2.73. The van der Waals surface area contributed by atoms with Gasteiger partial charge >= 0.3 is 0 Å². The lowest BCUT2D eigenvalue weighted by atomic mass is 10.1. The van der Waals surface area contributed by atoms with Gasteiger partial charge in [-0.15, -0.1) is 12.4 Å². The van der Waals surface area contributed by atoms with Crippen molar-refractivity contribution in [1.29, 1.82) is 0 Å². The third-order valence-corrected chi connectivity index (χ3v) is 4.98. The maximum absolute atomic E-state index is 5.80. The molecule has 0 radical (unpaired) electrons. The summed E-state index contributed by atoms with van der Waals surface area (Å²) in [6.07, 6.45) is 0.121. The standard InChI is InChI=1S/C23H32N2O3.ClH/c1-17(2)28-22-10-7-20(15-23(22)26-4)18(3)24-16-19-5-8-21(9-6-19)25-11-13-27-14-12-25;/h5-10,15,17-18,24H,11-14,16H2,1-4H3;1H. The Bertz CT molecular complexity index is 746. The van der Waals surface area contributed by atoms with Gasteiger partial charge in [0, 0.05) is 31.4 Å².